The Hall–Kier alpha value is -3.00. The van der Waals surface area contributed by atoms with Gasteiger partial charge in [-0.15, -0.1) is 0 Å². The normalized spacial score (nSPS) is 17.0. The number of aromatic nitrogens is 4. The van der Waals surface area contributed by atoms with Crippen LogP contribution in [0.2, 0.25) is 0 Å². The number of nitrogens with zero attached hydrogens (tertiary/aromatic N) is 4. The van der Waals surface area contributed by atoms with E-state index >= 15 is 0 Å². The molecule has 0 radical (unpaired) electrons. The monoisotopic (exact) mass is 366 g/mol. The number of rotatable bonds is 6. The van der Waals surface area contributed by atoms with Crippen molar-refractivity contribution >= 4 is 5.91 Å². The van der Waals surface area contributed by atoms with Gasteiger partial charge in [0.2, 0.25) is 5.91 Å². The number of nitrogens with one attached hydrogen (secondary N) is 2. The summed E-state index contributed by atoms with van der Waals surface area (Å²) in [6.45, 7) is 2.41. The summed E-state index contributed by atoms with van der Waals surface area (Å²) in [6, 6.07) is 11.5. The highest BCUT2D eigenvalue weighted by atomic mass is 16.5. The topological polar surface area (TPSA) is 97.9 Å². The lowest BCUT2D eigenvalue weighted by molar-refractivity contribution is -0.122. The summed E-state index contributed by atoms with van der Waals surface area (Å²) < 4.78 is 6.91. The molecule has 140 valence electrons. The number of benzene rings is 1. The number of piperidine rings is 1. The molecule has 2 N–H and O–H groups in total. The molecule has 8 heteroatoms. The molecule has 4 rings (SSSR count). The average molecular weight is 366 g/mol. The number of hydrogen-bond acceptors (Lipinski definition) is 6. The van der Waals surface area contributed by atoms with Crippen molar-refractivity contribution in [1.82, 2.24) is 30.6 Å². The van der Waals surface area contributed by atoms with Crippen LogP contribution in [0.15, 0.2) is 47.1 Å². The summed E-state index contributed by atoms with van der Waals surface area (Å²) >= 11 is 0. The molecule has 1 saturated heterocycles. The Bertz CT molecular complexity index is 883. The maximum absolute atomic E-state index is 12.2. The van der Waals surface area contributed by atoms with E-state index in [4.69, 9.17) is 4.52 Å². The Labute approximate surface area is 157 Å². The largest absolute Gasteiger partial charge is 0.347 e. The Morgan fingerprint density at radius 1 is 1.30 bits per heavy atom. The highest BCUT2D eigenvalue weighted by Gasteiger charge is 2.18. The lowest BCUT2D eigenvalue weighted by Crippen LogP contribution is -2.29. The van der Waals surface area contributed by atoms with Crippen LogP contribution in [0.1, 0.15) is 30.3 Å². The molecule has 1 amide bonds. The van der Waals surface area contributed by atoms with Gasteiger partial charge in [-0.3, -0.25) is 9.48 Å². The Balaban J connectivity index is 1.29. The predicted octanol–water partition coefficient (Wildman–Crippen LogP) is 1.72. The third-order valence-electron chi connectivity index (χ3n) is 4.61. The molecule has 27 heavy (non-hydrogen) atoms. The highest BCUT2D eigenvalue weighted by molar-refractivity contribution is 5.75. The maximum Gasteiger partial charge on any atom is 0.257 e. The summed E-state index contributed by atoms with van der Waals surface area (Å²) in [5.74, 6) is 1.17. The van der Waals surface area contributed by atoms with Gasteiger partial charge in [-0.05, 0) is 37.6 Å². The van der Waals surface area contributed by atoms with Gasteiger partial charge in [0.15, 0.2) is 5.82 Å². The molecule has 1 unspecified atom stereocenters. The molecule has 1 aromatic carbocycles. The van der Waals surface area contributed by atoms with Crippen LogP contribution in [-0.2, 0) is 17.9 Å². The van der Waals surface area contributed by atoms with Crippen LogP contribution in [0.25, 0.3) is 11.5 Å². The number of carbonyl (C=O) groups excluding carboxylic acids is 1. The first-order valence-electron chi connectivity index (χ1n) is 9.17. The Kier molecular flexibility index (Phi) is 5.24. The number of amides is 1. The van der Waals surface area contributed by atoms with E-state index in [0.29, 0.717) is 17.6 Å². The predicted molar refractivity (Wildman–Crippen MR) is 98.7 cm³/mol. The minimum absolute atomic E-state index is 0.141. The minimum Gasteiger partial charge on any atom is -0.347 e. The fourth-order valence-corrected chi connectivity index (χ4v) is 3.19. The van der Waals surface area contributed by atoms with E-state index in [0.717, 1.165) is 37.2 Å². The van der Waals surface area contributed by atoms with Gasteiger partial charge in [0.25, 0.3) is 5.89 Å². The number of carbonyl (C=O) groups is 1. The van der Waals surface area contributed by atoms with E-state index in [1.807, 2.05) is 42.6 Å². The van der Waals surface area contributed by atoms with Crippen molar-refractivity contribution in [2.75, 3.05) is 13.1 Å². The molecule has 1 aliphatic heterocycles. The van der Waals surface area contributed by atoms with Gasteiger partial charge < -0.3 is 15.2 Å². The van der Waals surface area contributed by atoms with E-state index in [2.05, 4.69) is 25.9 Å². The highest BCUT2D eigenvalue weighted by Crippen LogP contribution is 2.21. The van der Waals surface area contributed by atoms with Gasteiger partial charge in [-0.25, -0.2) is 0 Å². The second-order valence-electron chi connectivity index (χ2n) is 6.64. The molecule has 2 aromatic heterocycles. The Morgan fingerprint density at radius 3 is 3.00 bits per heavy atom. The second kappa shape index (κ2) is 8.13. The lowest BCUT2D eigenvalue weighted by atomic mass is 9.97. The van der Waals surface area contributed by atoms with Crippen LogP contribution in [0, 0.1) is 0 Å². The fourth-order valence-electron chi connectivity index (χ4n) is 3.19. The summed E-state index contributed by atoms with van der Waals surface area (Å²) in [5.41, 5.74) is 1.89. The van der Waals surface area contributed by atoms with Crippen molar-refractivity contribution in [3.8, 4) is 11.5 Å². The summed E-state index contributed by atoms with van der Waals surface area (Å²) in [7, 11) is 0. The molecule has 3 aromatic rings. The SMILES string of the molecule is O=C(Cn1ccc(C2CCCNC2)n1)NCc1noc(-c2ccccc2)n1. The molecular formula is C19H22N6O2. The standard InChI is InChI=1S/C19H22N6O2/c26-18(13-25-10-8-16(23-25)15-7-4-9-20-11-15)21-12-17-22-19(27-24-17)14-5-2-1-3-6-14/h1-3,5-6,8,10,15,20H,4,7,9,11-13H2,(H,21,26). The smallest absolute Gasteiger partial charge is 0.257 e. The minimum atomic E-state index is -0.141. The molecule has 1 fully saturated rings. The third-order valence-corrected chi connectivity index (χ3v) is 4.61. The van der Waals surface area contributed by atoms with Crippen molar-refractivity contribution in [1.29, 1.82) is 0 Å². The average Bonchev–Trinajstić information content (AvgIpc) is 3.37. The van der Waals surface area contributed by atoms with Gasteiger partial charge in [0.05, 0.1) is 12.2 Å². The van der Waals surface area contributed by atoms with E-state index in [-0.39, 0.29) is 19.0 Å². The molecule has 0 bridgehead atoms. The van der Waals surface area contributed by atoms with Crippen molar-refractivity contribution in [3.05, 3.63) is 54.1 Å². The van der Waals surface area contributed by atoms with Crippen LogP contribution in [0.3, 0.4) is 0 Å². The summed E-state index contributed by atoms with van der Waals surface area (Å²) in [4.78, 5) is 16.5. The van der Waals surface area contributed by atoms with Crippen LogP contribution < -0.4 is 10.6 Å². The molecule has 0 spiro atoms. The van der Waals surface area contributed by atoms with E-state index in [1.54, 1.807) is 4.68 Å². The van der Waals surface area contributed by atoms with Gasteiger partial charge >= 0.3 is 0 Å². The van der Waals surface area contributed by atoms with Crippen molar-refractivity contribution < 1.29 is 9.32 Å². The van der Waals surface area contributed by atoms with E-state index in [9.17, 15) is 4.79 Å². The van der Waals surface area contributed by atoms with Crippen molar-refractivity contribution in [3.63, 3.8) is 0 Å². The van der Waals surface area contributed by atoms with E-state index < -0.39 is 0 Å². The van der Waals surface area contributed by atoms with Crippen LogP contribution in [-0.4, -0.2) is 38.9 Å². The second-order valence-corrected chi connectivity index (χ2v) is 6.64. The fraction of sp³-hybridized carbons (Fsp3) is 0.368. The van der Waals surface area contributed by atoms with Gasteiger partial charge in [0, 0.05) is 24.2 Å². The molecule has 3 heterocycles. The molecule has 1 aliphatic rings. The molecule has 8 nitrogen and oxygen atoms in total. The zero-order valence-corrected chi connectivity index (χ0v) is 15.0. The molecule has 1 atom stereocenters. The summed E-state index contributed by atoms with van der Waals surface area (Å²) in [5, 5.41) is 14.6. The van der Waals surface area contributed by atoms with Gasteiger partial charge in [0.1, 0.15) is 6.54 Å². The van der Waals surface area contributed by atoms with Crippen LogP contribution in [0.4, 0.5) is 0 Å². The number of hydrogen-bond donors (Lipinski definition) is 2. The van der Waals surface area contributed by atoms with Crippen molar-refractivity contribution in [2.24, 2.45) is 0 Å². The third kappa shape index (κ3) is 4.40. The zero-order chi connectivity index (χ0) is 18.5. The lowest BCUT2D eigenvalue weighted by Gasteiger charge is -2.20. The molecule has 0 saturated carbocycles. The van der Waals surface area contributed by atoms with Crippen LogP contribution in [0.5, 0.6) is 0 Å². The molecular weight excluding hydrogens is 344 g/mol. The zero-order valence-electron chi connectivity index (χ0n) is 15.0. The van der Waals surface area contributed by atoms with Crippen LogP contribution >= 0.6 is 0 Å². The first kappa shape index (κ1) is 17.4. The first-order chi connectivity index (χ1) is 13.3. The van der Waals surface area contributed by atoms with Gasteiger partial charge in [-0.1, -0.05) is 23.4 Å². The summed E-state index contributed by atoms with van der Waals surface area (Å²) in [6.07, 6.45) is 4.15. The quantitative estimate of drug-likeness (QED) is 0.689. The molecule has 0 aliphatic carbocycles. The Morgan fingerprint density at radius 2 is 2.19 bits per heavy atom. The van der Waals surface area contributed by atoms with Crippen molar-refractivity contribution in [2.45, 2.75) is 31.8 Å². The first-order valence-corrected chi connectivity index (χ1v) is 9.17. The maximum atomic E-state index is 12.2. The van der Waals surface area contributed by atoms with Gasteiger partial charge in [-0.2, -0.15) is 10.1 Å². The van der Waals surface area contributed by atoms with E-state index in [1.165, 1.54) is 0 Å².